The van der Waals surface area contributed by atoms with Crippen molar-refractivity contribution in [1.29, 1.82) is 0 Å². The third kappa shape index (κ3) is 5.03. The summed E-state index contributed by atoms with van der Waals surface area (Å²) < 4.78 is 1.90. The van der Waals surface area contributed by atoms with Crippen LogP contribution in [0.2, 0.25) is 0 Å². The van der Waals surface area contributed by atoms with Gasteiger partial charge in [-0.25, -0.2) is 4.98 Å². The molecule has 1 saturated heterocycles. The van der Waals surface area contributed by atoms with Gasteiger partial charge in [-0.3, -0.25) is 9.48 Å². The van der Waals surface area contributed by atoms with Crippen LogP contribution in [0.25, 0.3) is 0 Å². The van der Waals surface area contributed by atoms with Gasteiger partial charge in [0.15, 0.2) is 0 Å². The van der Waals surface area contributed by atoms with Gasteiger partial charge in [-0.05, 0) is 25.1 Å². The van der Waals surface area contributed by atoms with Crippen molar-refractivity contribution in [1.82, 2.24) is 25.0 Å². The Morgan fingerprint density at radius 3 is 2.72 bits per heavy atom. The molecule has 1 N–H and O–H groups in total. The van der Waals surface area contributed by atoms with Crippen molar-refractivity contribution in [2.24, 2.45) is 0 Å². The molecule has 0 aliphatic carbocycles. The van der Waals surface area contributed by atoms with E-state index >= 15 is 0 Å². The molecule has 1 aliphatic heterocycles. The molecule has 1 amide bonds. The van der Waals surface area contributed by atoms with Crippen LogP contribution in [0.3, 0.4) is 0 Å². The van der Waals surface area contributed by atoms with Crippen LogP contribution in [0.1, 0.15) is 13.3 Å². The van der Waals surface area contributed by atoms with Gasteiger partial charge in [0.05, 0.1) is 6.54 Å². The molecule has 134 valence electrons. The number of pyridine rings is 1. The molecule has 0 saturated carbocycles. The van der Waals surface area contributed by atoms with Crippen LogP contribution in [0.4, 0.5) is 5.82 Å². The maximum atomic E-state index is 12.4. The summed E-state index contributed by atoms with van der Waals surface area (Å²) in [6.45, 7) is 6.82. The molecular weight excluding hydrogens is 316 g/mol. The van der Waals surface area contributed by atoms with E-state index in [-0.39, 0.29) is 11.9 Å². The van der Waals surface area contributed by atoms with Crippen molar-refractivity contribution in [2.75, 3.05) is 37.6 Å². The van der Waals surface area contributed by atoms with Gasteiger partial charge >= 0.3 is 0 Å². The van der Waals surface area contributed by atoms with Gasteiger partial charge in [0.2, 0.25) is 5.91 Å². The highest BCUT2D eigenvalue weighted by molar-refractivity contribution is 5.76. The van der Waals surface area contributed by atoms with Crippen molar-refractivity contribution in [3.05, 3.63) is 42.9 Å². The zero-order valence-corrected chi connectivity index (χ0v) is 14.7. The Morgan fingerprint density at radius 2 is 2.04 bits per heavy atom. The molecule has 3 rings (SSSR count). The molecule has 0 aromatic carbocycles. The highest BCUT2D eigenvalue weighted by atomic mass is 16.2. The van der Waals surface area contributed by atoms with Crippen molar-refractivity contribution in [3.8, 4) is 0 Å². The minimum absolute atomic E-state index is 0.222. The number of piperazine rings is 1. The van der Waals surface area contributed by atoms with Gasteiger partial charge in [0.1, 0.15) is 5.82 Å². The number of aromatic nitrogens is 3. The summed E-state index contributed by atoms with van der Waals surface area (Å²) in [5.74, 6) is 1.21. The summed E-state index contributed by atoms with van der Waals surface area (Å²) in [6.07, 6.45) is 6.07. The van der Waals surface area contributed by atoms with Crippen LogP contribution in [-0.4, -0.2) is 64.3 Å². The monoisotopic (exact) mass is 342 g/mol. The summed E-state index contributed by atoms with van der Waals surface area (Å²) in [5.41, 5.74) is 0. The van der Waals surface area contributed by atoms with E-state index in [0.29, 0.717) is 13.0 Å². The fourth-order valence-electron chi connectivity index (χ4n) is 3.06. The summed E-state index contributed by atoms with van der Waals surface area (Å²) in [5, 5.41) is 7.59. The second-order valence-electron chi connectivity index (χ2n) is 6.39. The van der Waals surface area contributed by atoms with Gasteiger partial charge in [-0.15, -0.1) is 0 Å². The van der Waals surface area contributed by atoms with Crippen molar-refractivity contribution in [2.45, 2.75) is 25.9 Å². The number of carbonyl (C=O) groups excluding carboxylic acids is 1. The molecule has 0 radical (unpaired) electrons. The highest BCUT2D eigenvalue weighted by Crippen LogP contribution is 2.12. The van der Waals surface area contributed by atoms with Gasteiger partial charge in [-0.1, -0.05) is 6.07 Å². The summed E-state index contributed by atoms with van der Waals surface area (Å²) in [6, 6.07) is 8.14. The topological polar surface area (TPSA) is 66.3 Å². The molecule has 1 aliphatic rings. The van der Waals surface area contributed by atoms with Gasteiger partial charge < -0.3 is 15.1 Å². The summed E-state index contributed by atoms with van der Waals surface area (Å²) in [4.78, 5) is 20.9. The molecule has 3 heterocycles. The Morgan fingerprint density at radius 1 is 1.20 bits per heavy atom. The average molecular weight is 342 g/mol. The Hall–Kier alpha value is -2.41. The Balaban J connectivity index is 1.35. The number of hydrogen-bond donors (Lipinski definition) is 1. The second kappa shape index (κ2) is 8.62. The smallest absolute Gasteiger partial charge is 0.223 e. The number of rotatable bonds is 7. The number of amides is 1. The summed E-state index contributed by atoms with van der Waals surface area (Å²) >= 11 is 0. The van der Waals surface area contributed by atoms with Crippen LogP contribution in [0.5, 0.6) is 0 Å². The minimum atomic E-state index is 0.222. The second-order valence-corrected chi connectivity index (χ2v) is 6.39. The number of nitrogens with one attached hydrogen (secondary N) is 1. The van der Waals surface area contributed by atoms with Crippen molar-refractivity contribution < 1.29 is 4.79 Å². The fourth-order valence-corrected chi connectivity index (χ4v) is 3.06. The van der Waals surface area contributed by atoms with Crippen LogP contribution < -0.4 is 10.2 Å². The van der Waals surface area contributed by atoms with E-state index in [1.807, 2.05) is 46.2 Å². The van der Waals surface area contributed by atoms with Crippen LogP contribution >= 0.6 is 0 Å². The molecule has 7 nitrogen and oxygen atoms in total. The molecular formula is C18H26N6O. The van der Waals surface area contributed by atoms with E-state index in [2.05, 4.69) is 27.2 Å². The van der Waals surface area contributed by atoms with Crippen molar-refractivity contribution >= 4 is 11.7 Å². The molecule has 1 atom stereocenters. The lowest BCUT2D eigenvalue weighted by Crippen LogP contribution is -2.49. The van der Waals surface area contributed by atoms with E-state index in [1.165, 1.54) is 0 Å². The molecule has 0 bridgehead atoms. The Kier molecular flexibility index (Phi) is 6.00. The molecule has 25 heavy (non-hydrogen) atoms. The fraction of sp³-hybridized carbons (Fsp3) is 0.500. The van der Waals surface area contributed by atoms with E-state index in [4.69, 9.17) is 0 Å². The predicted octanol–water partition coefficient (Wildman–Crippen LogP) is 0.995. The molecule has 2 aromatic rings. The molecule has 2 aromatic heterocycles. The molecule has 0 unspecified atom stereocenters. The summed E-state index contributed by atoms with van der Waals surface area (Å²) in [7, 11) is 0. The lowest BCUT2D eigenvalue weighted by atomic mass is 10.2. The lowest BCUT2D eigenvalue weighted by Gasteiger charge is -2.35. The highest BCUT2D eigenvalue weighted by Gasteiger charge is 2.21. The first-order valence-electron chi connectivity index (χ1n) is 8.87. The predicted molar refractivity (Wildman–Crippen MR) is 97.3 cm³/mol. The molecule has 1 fully saturated rings. The first kappa shape index (κ1) is 17.4. The average Bonchev–Trinajstić information content (AvgIpc) is 3.15. The number of nitrogens with zero attached hydrogens (tertiary/aromatic N) is 5. The van der Waals surface area contributed by atoms with Crippen LogP contribution in [-0.2, 0) is 11.3 Å². The van der Waals surface area contributed by atoms with Gasteiger partial charge in [0, 0.05) is 63.8 Å². The SMILES string of the molecule is C[C@H](Cn1cccn1)NCCC(=O)N1CCN(c2ccccn2)CC1. The maximum absolute atomic E-state index is 12.4. The maximum Gasteiger partial charge on any atom is 0.223 e. The van der Waals surface area contributed by atoms with E-state index in [0.717, 1.165) is 38.5 Å². The number of carbonyl (C=O) groups is 1. The van der Waals surface area contributed by atoms with Gasteiger partial charge in [-0.2, -0.15) is 5.10 Å². The van der Waals surface area contributed by atoms with E-state index in [9.17, 15) is 4.79 Å². The van der Waals surface area contributed by atoms with Crippen LogP contribution in [0, 0.1) is 0 Å². The lowest BCUT2D eigenvalue weighted by molar-refractivity contribution is -0.131. The van der Waals surface area contributed by atoms with Crippen LogP contribution in [0.15, 0.2) is 42.9 Å². The molecule has 0 spiro atoms. The largest absolute Gasteiger partial charge is 0.353 e. The van der Waals surface area contributed by atoms with E-state index in [1.54, 1.807) is 6.20 Å². The first-order chi connectivity index (χ1) is 12.2. The third-order valence-corrected chi connectivity index (χ3v) is 4.46. The number of anilines is 1. The minimum Gasteiger partial charge on any atom is -0.353 e. The van der Waals surface area contributed by atoms with E-state index < -0.39 is 0 Å². The normalized spacial score (nSPS) is 16.0. The first-order valence-corrected chi connectivity index (χ1v) is 8.87. The zero-order chi connectivity index (χ0) is 17.5. The number of hydrogen-bond acceptors (Lipinski definition) is 5. The molecule has 7 heteroatoms. The van der Waals surface area contributed by atoms with Gasteiger partial charge in [0.25, 0.3) is 0 Å². The third-order valence-electron chi connectivity index (χ3n) is 4.46. The Labute approximate surface area is 148 Å². The quantitative estimate of drug-likeness (QED) is 0.813. The van der Waals surface area contributed by atoms with Crippen molar-refractivity contribution in [3.63, 3.8) is 0 Å². The zero-order valence-electron chi connectivity index (χ0n) is 14.7. The Bertz CT molecular complexity index is 637. The standard InChI is InChI=1S/C18H26N6O/c1-16(15-24-10-4-8-21-24)19-9-6-18(25)23-13-11-22(12-14-23)17-5-2-3-7-20-17/h2-5,7-8,10,16,19H,6,9,11-15H2,1H3/t16-/m1/s1.